The molecule has 0 aromatic carbocycles. The van der Waals surface area contributed by atoms with Crippen LogP contribution in [0.5, 0.6) is 0 Å². The lowest BCUT2D eigenvalue weighted by molar-refractivity contribution is 0.0978. The van der Waals surface area contributed by atoms with Gasteiger partial charge in [0, 0.05) is 12.1 Å². The van der Waals surface area contributed by atoms with E-state index in [1.54, 1.807) is 0 Å². The minimum atomic E-state index is 0.918. The van der Waals surface area contributed by atoms with E-state index in [2.05, 4.69) is 11.9 Å². The van der Waals surface area contributed by atoms with Crippen molar-refractivity contribution >= 4 is 0 Å². The zero-order valence-electron chi connectivity index (χ0n) is 13.7. The zero-order chi connectivity index (χ0) is 13.8. The maximum Gasteiger partial charge on any atom is 0.0123 e. The van der Waals surface area contributed by atoms with Crippen LogP contribution >= 0.6 is 0 Å². The van der Waals surface area contributed by atoms with Gasteiger partial charge in [0.1, 0.15) is 0 Å². The van der Waals surface area contributed by atoms with Crippen molar-refractivity contribution in [2.75, 3.05) is 7.05 Å². The third kappa shape index (κ3) is 3.40. The Labute approximate surface area is 126 Å². The van der Waals surface area contributed by atoms with Gasteiger partial charge < -0.3 is 0 Å². The van der Waals surface area contributed by atoms with Crippen LogP contribution < -0.4 is 0 Å². The monoisotopic (exact) mass is 277 g/mol. The SMILES string of the molecule is CN1C2CCCCCCCC2CCC2CCCCCC21. The molecule has 0 N–H and O–H groups in total. The fourth-order valence-electron chi connectivity index (χ4n) is 5.50. The van der Waals surface area contributed by atoms with E-state index in [-0.39, 0.29) is 0 Å². The van der Waals surface area contributed by atoms with Crippen molar-refractivity contribution in [3.63, 3.8) is 0 Å². The third-order valence-electron chi connectivity index (χ3n) is 6.69. The molecule has 1 aliphatic heterocycles. The Balaban J connectivity index is 1.75. The van der Waals surface area contributed by atoms with E-state index in [4.69, 9.17) is 0 Å². The lowest BCUT2D eigenvalue weighted by Gasteiger charge is -2.38. The highest BCUT2D eigenvalue weighted by Crippen LogP contribution is 2.40. The van der Waals surface area contributed by atoms with Crippen molar-refractivity contribution in [1.29, 1.82) is 0 Å². The highest BCUT2D eigenvalue weighted by Gasteiger charge is 2.37. The fourth-order valence-corrected chi connectivity index (χ4v) is 5.50. The highest BCUT2D eigenvalue weighted by molar-refractivity contribution is 4.91. The molecule has 2 aliphatic carbocycles. The Hall–Kier alpha value is -0.0400. The lowest BCUT2D eigenvalue weighted by atomic mass is 9.86. The summed E-state index contributed by atoms with van der Waals surface area (Å²) in [6.07, 6.45) is 21.1. The topological polar surface area (TPSA) is 3.24 Å². The van der Waals surface area contributed by atoms with Crippen molar-refractivity contribution in [3.8, 4) is 0 Å². The maximum absolute atomic E-state index is 2.89. The van der Waals surface area contributed by atoms with Crippen molar-refractivity contribution in [1.82, 2.24) is 4.90 Å². The minimum absolute atomic E-state index is 0.918. The van der Waals surface area contributed by atoms with Gasteiger partial charge in [0.15, 0.2) is 0 Å². The first-order chi connectivity index (χ1) is 9.86. The summed E-state index contributed by atoms with van der Waals surface area (Å²) in [6, 6.07) is 1.84. The quantitative estimate of drug-likeness (QED) is 0.574. The van der Waals surface area contributed by atoms with E-state index in [1.807, 2.05) is 0 Å². The summed E-state index contributed by atoms with van der Waals surface area (Å²) in [7, 11) is 2.49. The van der Waals surface area contributed by atoms with Gasteiger partial charge in [-0.15, -0.1) is 0 Å². The molecule has 3 aliphatic rings. The number of rotatable bonds is 0. The van der Waals surface area contributed by atoms with Crippen molar-refractivity contribution in [3.05, 3.63) is 0 Å². The molecule has 0 spiro atoms. The van der Waals surface area contributed by atoms with Crippen LogP contribution in [0.4, 0.5) is 0 Å². The molecule has 20 heavy (non-hydrogen) atoms. The van der Waals surface area contributed by atoms with Crippen LogP contribution in [0.3, 0.4) is 0 Å². The van der Waals surface area contributed by atoms with Gasteiger partial charge in [-0.3, -0.25) is 4.90 Å². The van der Waals surface area contributed by atoms with E-state index in [0.29, 0.717) is 0 Å². The Morgan fingerprint density at radius 3 is 1.45 bits per heavy atom. The van der Waals surface area contributed by atoms with Crippen LogP contribution in [0, 0.1) is 11.8 Å². The summed E-state index contributed by atoms with van der Waals surface area (Å²) >= 11 is 0. The number of hydrogen-bond donors (Lipinski definition) is 0. The second-order valence-corrected chi connectivity index (χ2v) is 7.88. The Bertz CT molecular complexity index is 287. The average molecular weight is 277 g/mol. The van der Waals surface area contributed by atoms with Crippen LogP contribution in [-0.2, 0) is 0 Å². The zero-order valence-corrected chi connectivity index (χ0v) is 13.7. The molecule has 1 heterocycles. The molecule has 116 valence electrons. The van der Waals surface area contributed by atoms with Gasteiger partial charge in [-0.1, -0.05) is 51.4 Å². The summed E-state index contributed by atoms with van der Waals surface area (Å²) in [4.78, 5) is 2.89. The molecule has 0 aromatic rings. The van der Waals surface area contributed by atoms with E-state index < -0.39 is 0 Å². The third-order valence-corrected chi connectivity index (χ3v) is 6.69. The van der Waals surface area contributed by atoms with Gasteiger partial charge in [-0.25, -0.2) is 0 Å². The van der Waals surface area contributed by atoms with Crippen molar-refractivity contribution in [2.24, 2.45) is 11.8 Å². The maximum atomic E-state index is 2.89. The van der Waals surface area contributed by atoms with Crippen LogP contribution in [0.25, 0.3) is 0 Å². The first kappa shape index (κ1) is 14.9. The van der Waals surface area contributed by atoms with Crippen molar-refractivity contribution in [2.45, 2.75) is 102 Å². The van der Waals surface area contributed by atoms with E-state index in [1.165, 1.54) is 89.9 Å². The van der Waals surface area contributed by atoms with Gasteiger partial charge in [0.25, 0.3) is 0 Å². The van der Waals surface area contributed by atoms with Gasteiger partial charge >= 0.3 is 0 Å². The molecule has 0 aromatic heterocycles. The number of hydrogen-bond acceptors (Lipinski definition) is 1. The van der Waals surface area contributed by atoms with E-state index in [9.17, 15) is 0 Å². The summed E-state index contributed by atoms with van der Waals surface area (Å²) < 4.78 is 0. The highest BCUT2D eigenvalue weighted by atomic mass is 15.2. The predicted molar refractivity (Wildman–Crippen MR) is 87.0 cm³/mol. The van der Waals surface area contributed by atoms with Crippen LogP contribution in [0.1, 0.15) is 89.9 Å². The molecule has 4 unspecified atom stereocenters. The average Bonchev–Trinajstić information content (AvgIpc) is 2.68. The normalized spacial score (nSPS) is 41.2. The Kier molecular flexibility index (Phi) is 5.42. The van der Waals surface area contributed by atoms with Crippen LogP contribution in [0.15, 0.2) is 0 Å². The molecule has 4 atom stereocenters. The molecule has 3 fully saturated rings. The summed E-state index contributed by atoms with van der Waals surface area (Å²) in [6.45, 7) is 0. The van der Waals surface area contributed by atoms with Gasteiger partial charge in [-0.05, 0) is 57.4 Å². The Morgan fingerprint density at radius 2 is 0.900 bits per heavy atom. The van der Waals surface area contributed by atoms with E-state index >= 15 is 0 Å². The van der Waals surface area contributed by atoms with Crippen LogP contribution in [-0.4, -0.2) is 24.0 Å². The second kappa shape index (κ2) is 7.29. The number of fused-ring (bicyclic) bond motifs is 2. The number of likely N-dealkylation sites (tertiary alicyclic amines) is 1. The molecule has 0 bridgehead atoms. The van der Waals surface area contributed by atoms with Gasteiger partial charge in [0.05, 0.1) is 0 Å². The summed E-state index contributed by atoms with van der Waals surface area (Å²) in [5, 5.41) is 0. The molecule has 1 nitrogen and oxygen atoms in total. The minimum Gasteiger partial charge on any atom is -0.300 e. The molecule has 1 saturated heterocycles. The molecular weight excluding hydrogens is 242 g/mol. The molecule has 0 radical (unpaired) electrons. The number of nitrogens with zero attached hydrogens (tertiary/aromatic N) is 1. The first-order valence-electron chi connectivity index (χ1n) is 9.58. The smallest absolute Gasteiger partial charge is 0.0123 e. The predicted octanol–water partition coefficient (Wildman–Crippen LogP) is 5.39. The molecule has 2 saturated carbocycles. The summed E-state index contributed by atoms with van der Waals surface area (Å²) in [5.41, 5.74) is 0. The molecule has 3 rings (SSSR count). The first-order valence-corrected chi connectivity index (χ1v) is 9.58. The Morgan fingerprint density at radius 1 is 0.500 bits per heavy atom. The fraction of sp³-hybridized carbons (Fsp3) is 1.00. The largest absolute Gasteiger partial charge is 0.300 e. The van der Waals surface area contributed by atoms with Gasteiger partial charge in [0.2, 0.25) is 0 Å². The van der Waals surface area contributed by atoms with Gasteiger partial charge in [-0.2, -0.15) is 0 Å². The second-order valence-electron chi connectivity index (χ2n) is 7.88. The summed E-state index contributed by atoms with van der Waals surface area (Å²) in [5.74, 6) is 2.04. The van der Waals surface area contributed by atoms with Crippen molar-refractivity contribution < 1.29 is 0 Å². The van der Waals surface area contributed by atoms with E-state index in [0.717, 1.165) is 23.9 Å². The molecule has 0 amide bonds. The molecular formula is C19H35N. The van der Waals surface area contributed by atoms with Crippen LogP contribution in [0.2, 0.25) is 0 Å². The molecule has 1 heteroatoms. The standard InChI is InChI=1S/C19H35N/c1-20-18-12-8-4-2-3-6-10-16(18)14-15-17-11-7-5-9-13-19(17)20/h16-19H,2-15H2,1H3. The lowest BCUT2D eigenvalue weighted by Crippen LogP contribution is -2.44.